The minimum atomic E-state index is 0.164. The molecule has 1 spiro atoms. The minimum absolute atomic E-state index is 0.164. The van der Waals surface area contributed by atoms with Crippen molar-refractivity contribution in [2.24, 2.45) is 5.92 Å². The van der Waals surface area contributed by atoms with Crippen molar-refractivity contribution in [1.29, 1.82) is 0 Å². The average Bonchev–Trinajstić information content (AvgIpc) is 3.14. The lowest BCUT2D eigenvalue weighted by Gasteiger charge is -2.58. The Hall–Kier alpha value is -3.52. The van der Waals surface area contributed by atoms with E-state index in [2.05, 4.69) is 91.9 Å². The van der Waals surface area contributed by atoms with Gasteiger partial charge in [-0.3, -0.25) is 0 Å². The topological polar surface area (TPSA) is 18.5 Å². The summed E-state index contributed by atoms with van der Waals surface area (Å²) in [5.41, 5.74) is 11.6. The van der Waals surface area contributed by atoms with Crippen LogP contribution in [0.3, 0.4) is 0 Å². The van der Waals surface area contributed by atoms with E-state index < -0.39 is 0 Å². The molecule has 0 radical (unpaired) electrons. The van der Waals surface area contributed by atoms with E-state index in [1.165, 1.54) is 59.1 Å². The van der Waals surface area contributed by atoms with E-state index in [4.69, 9.17) is 9.47 Å². The van der Waals surface area contributed by atoms with Crippen LogP contribution in [0.5, 0.6) is 11.5 Å². The second-order valence-corrected chi connectivity index (χ2v) is 11.5. The lowest BCUT2D eigenvalue weighted by Crippen LogP contribution is -2.54. The van der Waals surface area contributed by atoms with Crippen molar-refractivity contribution in [1.82, 2.24) is 0 Å². The minimum Gasteiger partial charge on any atom is -0.494 e. The van der Waals surface area contributed by atoms with Gasteiger partial charge in [-0.1, -0.05) is 55.5 Å². The van der Waals surface area contributed by atoms with Gasteiger partial charge in [-0.05, 0) is 126 Å². The standard InChI is InChI=1S/C36H36O2/c1-4-37-29-12-6-24(7-13-29)26-10-16-31-32-17-11-27(25-8-14-30(15-9-25)38-5-2)23-34(32)36-21-19-28(36)18-20-35(36,3)33(31)22-26/h6-17,22-23,28H,4-5,18-21H2,1-3H3/t28?,35-,36+/m1/s1. The van der Waals surface area contributed by atoms with Gasteiger partial charge in [0.15, 0.2) is 0 Å². The summed E-state index contributed by atoms with van der Waals surface area (Å²) in [6, 6.07) is 31.7. The summed E-state index contributed by atoms with van der Waals surface area (Å²) in [6.45, 7) is 8.02. The van der Waals surface area contributed by atoms with Gasteiger partial charge in [-0.2, -0.15) is 0 Å². The number of ether oxygens (including phenoxy) is 2. The second-order valence-electron chi connectivity index (χ2n) is 11.5. The first-order valence-electron chi connectivity index (χ1n) is 14.3. The molecule has 4 aromatic carbocycles. The first kappa shape index (κ1) is 23.6. The van der Waals surface area contributed by atoms with Crippen LogP contribution in [-0.2, 0) is 10.8 Å². The lowest BCUT2D eigenvalue weighted by molar-refractivity contribution is 0.0941. The van der Waals surface area contributed by atoms with Gasteiger partial charge in [0.1, 0.15) is 11.5 Å². The maximum atomic E-state index is 5.69. The highest BCUT2D eigenvalue weighted by molar-refractivity contribution is 5.84. The molecule has 192 valence electrons. The third-order valence-electron chi connectivity index (χ3n) is 9.96. The van der Waals surface area contributed by atoms with Crippen molar-refractivity contribution < 1.29 is 9.47 Å². The third-order valence-corrected chi connectivity index (χ3v) is 9.96. The van der Waals surface area contributed by atoms with Gasteiger partial charge in [0.05, 0.1) is 13.2 Å². The number of rotatable bonds is 6. The SMILES string of the molecule is CCOc1ccc(-c2ccc3c(c2)[C@@]2(C)CCC4CC[C@@]42c2cc(-c4ccc(OCC)cc4)ccc2-3)cc1. The van der Waals surface area contributed by atoms with E-state index in [1.807, 2.05) is 13.8 Å². The molecule has 3 aliphatic carbocycles. The lowest BCUT2D eigenvalue weighted by atomic mass is 9.45. The van der Waals surface area contributed by atoms with Crippen molar-refractivity contribution in [2.45, 2.75) is 57.3 Å². The summed E-state index contributed by atoms with van der Waals surface area (Å²) >= 11 is 0. The first-order chi connectivity index (χ1) is 18.6. The monoisotopic (exact) mass is 500 g/mol. The molecule has 0 aromatic heterocycles. The molecule has 3 atom stereocenters. The Labute approximate surface area is 226 Å². The van der Waals surface area contributed by atoms with Crippen molar-refractivity contribution in [3.8, 4) is 44.9 Å². The van der Waals surface area contributed by atoms with Gasteiger partial charge in [0, 0.05) is 10.8 Å². The molecule has 0 aliphatic heterocycles. The third kappa shape index (κ3) is 3.25. The predicted octanol–water partition coefficient (Wildman–Crippen LogP) is 9.20. The Morgan fingerprint density at radius 1 is 0.605 bits per heavy atom. The number of hydrogen-bond acceptors (Lipinski definition) is 2. The van der Waals surface area contributed by atoms with Crippen molar-refractivity contribution in [2.75, 3.05) is 13.2 Å². The molecular formula is C36H36O2. The number of hydrogen-bond donors (Lipinski definition) is 0. The summed E-state index contributed by atoms with van der Waals surface area (Å²) < 4.78 is 11.4. The van der Waals surface area contributed by atoms with Crippen LogP contribution in [0.25, 0.3) is 33.4 Å². The van der Waals surface area contributed by atoms with Crippen LogP contribution >= 0.6 is 0 Å². The summed E-state index contributed by atoms with van der Waals surface area (Å²) in [6.07, 6.45) is 5.25. The maximum absolute atomic E-state index is 5.69. The Balaban J connectivity index is 1.35. The van der Waals surface area contributed by atoms with Crippen LogP contribution < -0.4 is 9.47 Å². The summed E-state index contributed by atoms with van der Waals surface area (Å²) in [5.74, 6) is 2.65. The van der Waals surface area contributed by atoms with E-state index in [9.17, 15) is 0 Å². The van der Waals surface area contributed by atoms with Gasteiger partial charge >= 0.3 is 0 Å². The molecule has 0 N–H and O–H groups in total. The van der Waals surface area contributed by atoms with Gasteiger partial charge in [-0.15, -0.1) is 0 Å². The molecule has 0 amide bonds. The van der Waals surface area contributed by atoms with Crippen molar-refractivity contribution in [3.05, 3.63) is 96.1 Å². The smallest absolute Gasteiger partial charge is 0.119 e. The molecule has 38 heavy (non-hydrogen) atoms. The number of benzene rings is 4. The summed E-state index contributed by atoms with van der Waals surface area (Å²) in [4.78, 5) is 0. The molecule has 2 saturated carbocycles. The van der Waals surface area contributed by atoms with E-state index in [0.717, 1.165) is 17.4 Å². The Morgan fingerprint density at radius 3 is 1.58 bits per heavy atom. The molecule has 2 nitrogen and oxygen atoms in total. The zero-order valence-electron chi connectivity index (χ0n) is 22.7. The van der Waals surface area contributed by atoms with Crippen LogP contribution in [0.15, 0.2) is 84.9 Å². The normalized spacial score (nSPS) is 24.4. The van der Waals surface area contributed by atoms with Gasteiger partial charge < -0.3 is 9.47 Å². The fourth-order valence-corrected chi connectivity index (χ4v) is 8.03. The maximum Gasteiger partial charge on any atom is 0.119 e. The average molecular weight is 501 g/mol. The van der Waals surface area contributed by atoms with Gasteiger partial charge in [0.25, 0.3) is 0 Å². The molecule has 2 fully saturated rings. The van der Waals surface area contributed by atoms with E-state index in [0.29, 0.717) is 13.2 Å². The second kappa shape index (κ2) is 8.76. The molecule has 0 heterocycles. The molecule has 3 aliphatic rings. The van der Waals surface area contributed by atoms with Crippen molar-refractivity contribution >= 4 is 0 Å². The van der Waals surface area contributed by atoms with E-state index in [1.54, 1.807) is 11.1 Å². The van der Waals surface area contributed by atoms with Crippen LogP contribution in [0, 0.1) is 5.92 Å². The number of fused-ring (bicyclic) bond motifs is 4. The largest absolute Gasteiger partial charge is 0.494 e. The van der Waals surface area contributed by atoms with Crippen LogP contribution in [-0.4, -0.2) is 13.2 Å². The van der Waals surface area contributed by atoms with Crippen LogP contribution in [0.4, 0.5) is 0 Å². The Bertz CT molecular complexity index is 1500. The van der Waals surface area contributed by atoms with Gasteiger partial charge in [0.2, 0.25) is 0 Å². The van der Waals surface area contributed by atoms with E-state index in [-0.39, 0.29) is 10.8 Å². The molecular weight excluding hydrogens is 464 g/mol. The zero-order valence-corrected chi connectivity index (χ0v) is 22.7. The van der Waals surface area contributed by atoms with E-state index >= 15 is 0 Å². The van der Waals surface area contributed by atoms with Crippen LogP contribution in [0.1, 0.15) is 57.6 Å². The highest BCUT2D eigenvalue weighted by atomic mass is 16.5. The van der Waals surface area contributed by atoms with Crippen molar-refractivity contribution in [3.63, 3.8) is 0 Å². The molecule has 1 unspecified atom stereocenters. The highest BCUT2D eigenvalue weighted by Crippen LogP contribution is 2.72. The molecule has 4 aromatic rings. The predicted molar refractivity (Wildman–Crippen MR) is 156 cm³/mol. The molecule has 0 bridgehead atoms. The quantitative estimate of drug-likeness (QED) is 0.263. The zero-order chi connectivity index (χ0) is 25.9. The first-order valence-corrected chi connectivity index (χ1v) is 14.3. The fraction of sp³-hybridized carbons (Fsp3) is 0.333. The van der Waals surface area contributed by atoms with Crippen LogP contribution in [0.2, 0.25) is 0 Å². The van der Waals surface area contributed by atoms with Gasteiger partial charge in [-0.25, -0.2) is 0 Å². The Kier molecular flexibility index (Phi) is 5.44. The highest BCUT2D eigenvalue weighted by Gasteiger charge is 2.66. The fourth-order valence-electron chi connectivity index (χ4n) is 8.03. The summed E-state index contributed by atoms with van der Waals surface area (Å²) in [5, 5.41) is 0. The summed E-state index contributed by atoms with van der Waals surface area (Å²) in [7, 11) is 0. The molecule has 7 rings (SSSR count). The molecule has 2 heteroatoms. The molecule has 0 saturated heterocycles. The Morgan fingerprint density at radius 2 is 1.08 bits per heavy atom.